The Balaban J connectivity index is 0.00000169. The molecule has 1 aromatic rings. The number of nitrogens with one attached hydrogen (secondary N) is 2. The van der Waals surface area contributed by atoms with Gasteiger partial charge in [-0.05, 0) is 19.9 Å². The minimum absolute atomic E-state index is 0. The van der Waals surface area contributed by atoms with E-state index in [4.69, 9.17) is 5.73 Å². The molecule has 0 aliphatic heterocycles. The Morgan fingerprint density at radius 1 is 1.79 bits per heavy atom. The van der Waals surface area contributed by atoms with Gasteiger partial charge in [-0.25, -0.2) is 0 Å². The SMILES string of the molecule is Cc1cc(CNC(=O)[C@@H](C)N)n[nH]1.Cl. The number of amides is 1. The minimum atomic E-state index is -0.472. The van der Waals surface area contributed by atoms with Crippen LogP contribution in [0.15, 0.2) is 6.07 Å². The van der Waals surface area contributed by atoms with E-state index in [0.29, 0.717) is 6.54 Å². The summed E-state index contributed by atoms with van der Waals surface area (Å²) in [5.74, 6) is -0.166. The van der Waals surface area contributed by atoms with Crippen LogP contribution in [0.3, 0.4) is 0 Å². The molecular weight excluding hydrogens is 204 g/mol. The molecule has 14 heavy (non-hydrogen) atoms. The predicted octanol–water partition coefficient (Wildman–Crippen LogP) is 0.103. The van der Waals surface area contributed by atoms with Crippen molar-refractivity contribution in [1.82, 2.24) is 15.5 Å². The molecule has 0 aromatic carbocycles. The highest BCUT2D eigenvalue weighted by molar-refractivity contribution is 5.85. The molecule has 1 amide bonds. The van der Waals surface area contributed by atoms with Crippen LogP contribution in [0.5, 0.6) is 0 Å². The molecule has 1 aromatic heterocycles. The molecule has 0 spiro atoms. The van der Waals surface area contributed by atoms with Crippen LogP contribution >= 0.6 is 12.4 Å². The number of nitrogens with zero attached hydrogens (tertiary/aromatic N) is 1. The first kappa shape index (κ1) is 12.9. The van der Waals surface area contributed by atoms with Crippen molar-refractivity contribution in [2.75, 3.05) is 0 Å². The topological polar surface area (TPSA) is 83.8 Å². The van der Waals surface area contributed by atoms with Crippen LogP contribution in [-0.2, 0) is 11.3 Å². The van der Waals surface area contributed by atoms with E-state index in [9.17, 15) is 4.79 Å². The van der Waals surface area contributed by atoms with Gasteiger partial charge in [0.25, 0.3) is 0 Å². The highest BCUT2D eigenvalue weighted by Gasteiger charge is 2.06. The lowest BCUT2D eigenvalue weighted by atomic mass is 10.3. The quantitative estimate of drug-likeness (QED) is 0.673. The maximum Gasteiger partial charge on any atom is 0.236 e. The third-order valence-corrected chi connectivity index (χ3v) is 1.62. The van der Waals surface area contributed by atoms with E-state index in [0.717, 1.165) is 11.4 Å². The third kappa shape index (κ3) is 3.76. The molecule has 1 atom stereocenters. The number of nitrogens with two attached hydrogens (primary N) is 1. The lowest BCUT2D eigenvalue weighted by Crippen LogP contribution is -2.37. The molecule has 0 fully saturated rings. The molecule has 80 valence electrons. The van der Waals surface area contributed by atoms with Crippen molar-refractivity contribution in [2.45, 2.75) is 26.4 Å². The van der Waals surface area contributed by atoms with Crippen molar-refractivity contribution >= 4 is 18.3 Å². The molecule has 0 unspecified atom stereocenters. The van der Waals surface area contributed by atoms with E-state index in [1.54, 1.807) is 6.92 Å². The second-order valence-electron chi connectivity index (χ2n) is 3.05. The maximum absolute atomic E-state index is 11.0. The maximum atomic E-state index is 11.0. The summed E-state index contributed by atoms with van der Waals surface area (Å²) in [4.78, 5) is 11.0. The van der Waals surface area contributed by atoms with Crippen LogP contribution in [0.25, 0.3) is 0 Å². The van der Waals surface area contributed by atoms with Gasteiger partial charge in [0.1, 0.15) is 0 Å². The monoisotopic (exact) mass is 218 g/mol. The molecule has 5 nitrogen and oxygen atoms in total. The number of aryl methyl sites for hydroxylation is 1. The van der Waals surface area contributed by atoms with Crippen molar-refractivity contribution < 1.29 is 4.79 Å². The van der Waals surface area contributed by atoms with Crippen LogP contribution in [0.4, 0.5) is 0 Å². The van der Waals surface area contributed by atoms with E-state index >= 15 is 0 Å². The number of aromatic nitrogens is 2. The molecule has 1 rings (SSSR count). The molecule has 0 saturated heterocycles. The molecule has 0 aliphatic carbocycles. The zero-order valence-electron chi connectivity index (χ0n) is 8.20. The second kappa shape index (κ2) is 5.62. The van der Waals surface area contributed by atoms with E-state index in [1.807, 2.05) is 13.0 Å². The number of hydrogen-bond donors (Lipinski definition) is 3. The minimum Gasteiger partial charge on any atom is -0.349 e. The number of carbonyl (C=O) groups excluding carboxylic acids is 1. The highest BCUT2D eigenvalue weighted by atomic mass is 35.5. The number of aromatic amines is 1. The fraction of sp³-hybridized carbons (Fsp3) is 0.500. The molecular formula is C8H15ClN4O. The first-order valence-electron chi connectivity index (χ1n) is 4.14. The Labute approximate surface area is 88.9 Å². The third-order valence-electron chi connectivity index (χ3n) is 1.62. The Morgan fingerprint density at radius 3 is 2.86 bits per heavy atom. The Hall–Kier alpha value is -1.07. The van der Waals surface area contributed by atoms with Gasteiger partial charge >= 0.3 is 0 Å². The van der Waals surface area contributed by atoms with Gasteiger partial charge in [0, 0.05) is 5.69 Å². The first-order chi connectivity index (χ1) is 6.09. The van der Waals surface area contributed by atoms with E-state index in [1.165, 1.54) is 0 Å². The number of rotatable bonds is 3. The smallest absolute Gasteiger partial charge is 0.236 e. The molecule has 0 radical (unpaired) electrons. The van der Waals surface area contributed by atoms with Crippen molar-refractivity contribution in [2.24, 2.45) is 5.73 Å². The van der Waals surface area contributed by atoms with Gasteiger partial charge in [-0.2, -0.15) is 5.10 Å². The van der Waals surface area contributed by atoms with Crippen molar-refractivity contribution in [3.05, 3.63) is 17.5 Å². The lowest BCUT2D eigenvalue weighted by Gasteiger charge is -2.04. The summed E-state index contributed by atoms with van der Waals surface area (Å²) in [7, 11) is 0. The van der Waals surface area contributed by atoms with Crippen LogP contribution in [-0.4, -0.2) is 22.1 Å². The zero-order chi connectivity index (χ0) is 9.84. The Bertz CT molecular complexity index is 297. The average molecular weight is 219 g/mol. The van der Waals surface area contributed by atoms with Crippen LogP contribution in [0.2, 0.25) is 0 Å². The average Bonchev–Trinajstić information content (AvgIpc) is 2.47. The summed E-state index contributed by atoms with van der Waals surface area (Å²) in [6.07, 6.45) is 0. The van der Waals surface area contributed by atoms with Crippen LogP contribution in [0.1, 0.15) is 18.3 Å². The number of halogens is 1. The summed E-state index contributed by atoms with van der Waals surface area (Å²) in [5, 5.41) is 9.42. The summed E-state index contributed by atoms with van der Waals surface area (Å²) in [6, 6.07) is 1.40. The number of H-pyrrole nitrogens is 1. The normalized spacial score (nSPS) is 11.6. The molecule has 0 saturated carbocycles. The Kier molecular flexibility index (Phi) is 5.19. The van der Waals surface area contributed by atoms with Crippen molar-refractivity contribution in [3.63, 3.8) is 0 Å². The summed E-state index contributed by atoms with van der Waals surface area (Å²) < 4.78 is 0. The van der Waals surface area contributed by atoms with E-state index in [-0.39, 0.29) is 18.3 Å². The van der Waals surface area contributed by atoms with Crippen molar-refractivity contribution in [1.29, 1.82) is 0 Å². The molecule has 4 N–H and O–H groups in total. The van der Waals surface area contributed by atoms with Gasteiger partial charge in [0.2, 0.25) is 5.91 Å². The van der Waals surface area contributed by atoms with Gasteiger partial charge in [0.05, 0.1) is 18.3 Å². The van der Waals surface area contributed by atoms with Gasteiger partial charge in [-0.1, -0.05) is 0 Å². The molecule has 0 aliphatic rings. The summed E-state index contributed by atoms with van der Waals surface area (Å²) in [5.41, 5.74) is 7.15. The second-order valence-corrected chi connectivity index (χ2v) is 3.05. The van der Waals surface area contributed by atoms with Crippen LogP contribution < -0.4 is 11.1 Å². The molecule has 1 heterocycles. The first-order valence-corrected chi connectivity index (χ1v) is 4.14. The van der Waals surface area contributed by atoms with E-state index in [2.05, 4.69) is 15.5 Å². The van der Waals surface area contributed by atoms with E-state index < -0.39 is 6.04 Å². The summed E-state index contributed by atoms with van der Waals surface area (Å²) in [6.45, 7) is 3.97. The molecule has 0 bridgehead atoms. The van der Waals surface area contributed by atoms with Gasteiger partial charge < -0.3 is 11.1 Å². The standard InChI is InChI=1S/C8H14N4O.ClH/c1-5-3-7(12-11-5)4-10-8(13)6(2)9;/h3,6H,4,9H2,1-2H3,(H,10,13)(H,11,12);1H/t6-;/m1./s1. The fourth-order valence-corrected chi connectivity index (χ4v) is 0.904. The van der Waals surface area contributed by atoms with Gasteiger partial charge in [0.15, 0.2) is 0 Å². The largest absolute Gasteiger partial charge is 0.349 e. The molecule has 6 heteroatoms. The number of carbonyl (C=O) groups is 1. The number of hydrogen-bond acceptors (Lipinski definition) is 3. The highest BCUT2D eigenvalue weighted by Crippen LogP contribution is 1.96. The van der Waals surface area contributed by atoms with Crippen molar-refractivity contribution in [3.8, 4) is 0 Å². The fourth-order valence-electron chi connectivity index (χ4n) is 0.904. The Morgan fingerprint density at radius 2 is 2.43 bits per heavy atom. The zero-order valence-corrected chi connectivity index (χ0v) is 9.02. The lowest BCUT2D eigenvalue weighted by molar-refractivity contribution is -0.122. The van der Waals surface area contributed by atoms with Gasteiger partial charge in [-0.3, -0.25) is 9.89 Å². The summed E-state index contributed by atoms with van der Waals surface area (Å²) >= 11 is 0. The predicted molar refractivity (Wildman–Crippen MR) is 56.1 cm³/mol. The van der Waals surface area contributed by atoms with Gasteiger partial charge in [-0.15, -0.1) is 12.4 Å². The van der Waals surface area contributed by atoms with Crippen LogP contribution in [0, 0.1) is 6.92 Å².